The zero-order valence-corrected chi connectivity index (χ0v) is 9.78. The molecule has 2 amide bonds. The van der Waals surface area contributed by atoms with Gasteiger partial charge in [-0.05, 0) is 5.92 Å². The van der Waals surface area contributed by atoms with Gasteiger partial charge in [0.1, 0.15) is 0 Å². The Morgan fingerprint density at radius 2 is 1.87 bits per heavy atom. The number of hydrogen-bond acceptors (Lipinski definition) is 2. The molecule has 15 heavy (non-hydrogen) atoms. The van der Waals surface area contributed by atoms with Gasteiger partial charge in [-0.15, -0.1) is 0 Å². The van der Waals surface area contributed by atoms with Crippen LogP contribution in [0.5, 0.6) is 0 Å². The molecule has 5 nitrogen and oxygen atoms in total. The number of aliphatic carboxylic acids is 1. The minimum Gasteiger partial charge on any atom is -0.481 e. The summed E-state index contributed by atoms with van der Waals surface area (Å²) < 4.78 is 0. The monoisotopic (exact) mass is 216 g/mol. The van der Waals surface area contributed by atoms with Crippen molar-refractivity contribution >= 4 is 12.0 Å². The number of nitrogens with zero attached hydrogens (tertiary/aromatic N) is 1. The second kappa shape index (κ2) is 6.27. The van der Waals surface area contributed by atoms with Crippen molar-refractivity contribution in [3.05, 3.63) is 0 Å². The van der Waals surface area contributed by atoms with E-state index in [0.29, 0.717) is 12.5 Å². The summed E-state index contributed by atoms with van der Waals surface area (Å²) in [6.07, 6.45) is 0. The molecule has 0 rings (SSSR count). The number of carbonyl (C=O) groups excluding carboxylic acids is 1. The Kier molecular flexibility index (Phi) is 5.74. The average Bonchev–Trinajstić information content (AvgIpc) is 2.13. The number of urea groups is 1. The SMILES string of the molecule is CC(C)CNC(=O)N(C)CC(C)C(=O)O. The lowest BCUT2D eigenvalue weighted by Gasteiger charge is -2.20. The highest BCUT2D eigenvalue weighted by molar-refractivity contribution is 5.75. The van der Waals surface area contributed by atoms with Crippen LogP contribution in [0.15, 0.2) is 0 Å². The number of rotatable bonds is 5. The molecule has 88 valence electrons. The molecular weight excluding hydrogens is 196 g/mol. The maximum absolute atomic E-state index is 11.4. The van der Waals surface area contributed by atoms with Crippen LogP contribution in [-0.4, -0.2) is 42.1 Å². The second-order valence-corrected chi connectivity index (χ2v) is 4.20. The van der Waals surface area contributed by atoms with Crippen LogP contribution >= 0.6 is 0 Å². The van der Waals surface area contributed by atoms with E-state index in [1.165, 1.54) is 4.90 Å². The molecule has 0 aliphatic rings. The van der Waals surface area contributed by atoms with E-state index >= 15 is 0 Å². The Bertz CT molecular complexity index is 229. The molecule has 1 unspecified atom stereocenters. The van der Waals surface area contributed by atoms with Gasteiger partial charge in [-0.2, -0.15) is 0 Å². The summed E-state index contributed by atoms with van der Waals surface area (Å²) in [6, 6.07) is -0.225. The van der Waals surface area contributed by atoms with Gasteiger partial charge in [-0.3, -0.25) is 4.79 Å². The highest BCUT2D eigenvalue weighted by atomic mass is 16.4. The Morgan fingerprint density at radius 1 is 1.33 bits per heavy atom. The van der Waals surface area contributed by atoms with Gasteiger partial charge in [0.25, 0.3) is 0 Å². The first-order valence-corrected chi connectivity index (χ1v) is 5.06. The Labute approximate surface area is 90.5 Å². The molecule has 0 radical (unpaired) electrons. The minimum absolute atomic E-state index is 0.221. The third-order valence-corrected chi connectivity index (χ3v) is 1.98. The highest BCUT2D eigenvalue weighted by Gasteiger charge is 2.16. The van der Waals surface area contributed by atoms with Crippen molar-refractivity contribution in [3.8, 4) is 0 Å². The highest BCUT2D eigenvalue weighted by Crippen LogP contribution is 1.98. The van der Waals surface area contributed by atoms with E-state index in [2.05, 4.69) is 5.32 Å². The standard InChI is InChI=1S/C10H20N2O3/c1-7(2)5-11-10(15)12(4)6-8(3)9(13)14/h7-8H,5-6H2,1-4H3,(H,11,15)(H,13,14). The molecule has 5 heteroatoms. The van der Waals surface area contributed by atoms with Crippen molar-refractivity contribution in [1.29, 1.82) is 0 Å². The molecule has 1 atom stereocenters. The molecule has 0 aromatic heterocycles. The van der Waals surface area contributed by atoms with Crippen LogP contribution in [0, 0.1) is 11.8 Å². The molecule has 0 aliphatic heterocycles. The lowest BCUT2D eigenvalue weighted by atomic mass is 10.2. The first kappa shape index (κ1) is 13.7. The van der Waals surface area contributed by atoms with Gasteiger partial charge >= 0.3 is 12.0 Å². The Balaban J connectivity index is 3.93. The van der Waals surface area contributed by atoms with Gasteiger partial charge in [0, 0.05) is 20.1 Å². The van der Waals surface area contributed by atoms with E-state index in [0.717, 1.165) is 0 Å². The van der Waals surface area contributed by atoms with E-state index in [4.69, 9.17) is 5.11 Å². The summed E-state index contributed by atoms with van der Waals surface area (Å²) in [7, 11) is 1.59. The van der Waals surface area contributed by atoms with Gasteiger partial charge in [-0.25, -0.2) is 4.79 Å². The molecule has 0 saturated carbocycles. The molecular formula is C10H20N2O3. The van der Waals surface area contributed by atoms with Crippen molar-refractivity contribution in [3.63, 3.8) is 0 Å². The Morgan fingerprint density at radius 3 is 2.27 bits per heavy atom. The zero-order chi connectivity index (χ0) is 12.0. The van der Waals surface area contributed by atoms with Crippen LogP contribution < -0.4 is 5.32 Å². The first-order chi connectivity index (χ1) is 6.84. The zero-order valence-electron chi connectivity index (χ0n) is 9.78. The van der Waals surface area contributed by atoms with E-state index in [-0.39, 0.29) is 12.6 Å². The quantitative estimate of drug-likeness (QED) is 0.720. The molecule has 0 aromatic rings. The van der Waals surface area contributed by atoms with Crippen LogP contribution in [-0.2, 0) is 4.79 Å². The van der Waals surface area contributed by atoms with Crippen molar-refractivity contribution in [2.45, 2.75) is 20.8 Å². The molecule has 2 N–H and O–H groups in total. The fourth-order valence-corrected chi connectivity index (χ4v) is 0.998. The fourth-order valence-electron chi connectivity index (χ4n) is 0.998. The van der Waals surface area contributed by atoms with Gasteiger partial charge in [-0.1, -0.05) is 20.8 Å². The third kappa shape index (κ3) is 5.93. The maximum atomic E-state index is 11.4. The Hall–Kier alpha value is -1.26. The van der Waals surface area contributed by atoms with Gasteiger partial charge < -0.3 is 15.3 Å². The summed E-state index contributed by atoms with van der Waals surface area (Å²) in [5.41, 5.74) is 0. The van der Waals surface area contributed by atoms with Crippen molar-refractivity contribution < 1.29 is 14.7 Å². The maximum Gasteiger partial charge on any atom is 0.317 e. The largest absolute Gasteiger partial charge is 0.481 e. The smallest absolute Gasteiger partial charge is 0.317 e. The molecule has 0 aliphatic carbocycles. The molecule has 0 bridgehead atoms. The minimum atomic E-state index is -0.890. The van der Waals surface area contributed by atoms with E-state index < -0.39 is 11.9 Å². The fraction of sp³-hybridized carbons (Fsp3) is 0.800. The van der Waals surface area contributed by atoms with Crippen LogP contribution in [0.1, 0.15) is 20.8 Å². The van der Waals surface area contributed by atoms with E-state index in [1.54, 1.807) is 14.0 Å². The average molecular weight is 216 g/mol. The molecule has 0 fully saturated rings. The summed E-state index contributed by atoms with van der Waals surface area (Å²) in [5.74, 6) is -1.04. The second-order valence-electron chi connectivity index (χ2n) is 4.20. The van der Waals surface area contributed by atoms with Crippen LogP contribution in [0.4, 0.5) is 4.79 Å². The number of carboxylic acids is 1. The molecule has 0 heterocycles. The summed E-state index contributed by atoms with van der Waals surface area (Å²) >= 11 is 0. The topological polar surface area (TPSA) is 69.6 Å². The number of carbonyl (C=O) groups is 2. The number of carboxylic acid groups (broad SMARTS) is 1. The summed E-state index contributed by atoms with van der Waals surface area (Å²) in [5, 5.41) is 11.4. The predicted molar refractivity (Wildman–Crippen MR) is 57.7 cm³/mol. The van der Waals surface area contributed by atoms with Gasteiger partial charge in [0.15, 0.2) is 0 Å². The first-order valence-electron chi connectivity index (χ1n) is 5.06. The molecule has 0 saturated heterocycles. The van der Waals surface area contributed by atoms with E-state index in [1.807, 2.05) is 13.8 Å². The molecule has 0 spiro atoms. The summed E-state index contributed by atoms with van der Waals surface area (Å²) in [4.78, 5) is 23.4. The molecule has 0 aromatic carbocycles. The van der Waals surface area contributed by atoms with Crippen molar-refractivity contribution in [2.24, 2.45) is 11.8 Å². The van der Waals surface area contributed by atoms with Crippen LogP contribution in [0.3, 0.4) is 0 Å². The lowest BCUT2D eigenvalue weighted by molar-refractivity contribution is -0.141. The number of amides is 2. The number of nitrogens with one attached hydrogen (secondary N) is 1. The van der Waals surface area contributed by atoms with Crippen LogP contribution in [0.25, 0.3) is 0 Å². The van der Waals surface area contributed by atoms with Crippen LogP contribution in [0.2, 0.25) is 0 Å². The number of hydrogen-bond donors (Lipinski definition) is 2. The van der Waals surface area contributed by atoms with Gasteiger partial charge in [0.05, 0.1) is 5.92 Å². The summed E-state index contributed by atoms with van der Waals surface area (Å²) in [6.45, 7) is 6.40. The van der Waals surface area contributed by atoms with E-state index in [9.17, 15) is 9.59 Å². The normalized spacial score (nSPS) is 12.3. The predicted octanol–water partition coefficient (Wildman–Crippen LogP) is 1.00. The van der Waals surface area contributed by atoms with Crippen molar-refractivity contribution in [2.75, 3.05) is 20.1 Å². The van der Waals surface area contributed by atoms with Crippen molar-refractivity contribution in [1.82, 2.24) is 10.2 Å². The lowest BCUT2D eigenvalue weighted by Crippen LogP contribution is -2.41. The van der Waals surface area contributed by atoms with Gasteiger partial charge in [0.2, 0.25) is 0 Å². The third-order valence-electron chi connectivity index (χ3n) is 1.98.